The highest BCUT2D eigenvalue weighted by molar-refractivity contribution is 5.41. The highest BCUT2D eigenvalue weighted by atomic mass is 16.5. The Morgan fingerprint density at radius 1 is 1.12 bits per heavy atom. The van der Waals surface area contributed by atoms with Crippen LogP contribution in [0.1, 0.15) is 11.4 Å². The second-order valence-corrected chi connectivity index (χ2v) is 3.63. The van der Waals surface area contributed by atoms with Crippen LogP contribution in [0.4, 0.5) is 5.69 Å². The van der Waals surface area contributed by atoms with E-state index >= 15 is 0 Å². The van der Waals surface area contributed by atoms with Crippen LogP contribution in [0.3, 0.4) is 0 Å². The predicted molar refractivity (Wildman–Crippen MR) is 64.2 cm³/mol. The fraction of sp³-hybridized carbons (Fsp3) is 0.154. The van der Waals surface area contributed by atoms with Gasteiger partial charge in [0.25, 0.3) is 0 Å². The second kappa shape index (κ2) is 4.66. The molecule has 2 N–H and O–H groups in total. The van der Waals surface area contributed by atoms with E-state index in [0.29, 0.717) is 6.61 Å². The Morgan fingerprint density at radius 3 is 2.56 bits per heavy atom. The molecule has 0 atom stereocenters. The Bertz CT molecular complexity index is 466. The van der Waals surface area contributed by atoms with Crippen LogP contribution >= 0.6 is 0 Å². The number of aryl methyl sites for hydroxylation is 1. The van der Waals surface area contributed by atoms with Crippen molar-refractivity contribution in [2.24, 2.45) is 0 Å². The maximum Gasteiger partial charge on any atom is 0.130 e. The van der Waals surface area contributed by atoms with Gasteiger partial charge in [-0.2, -0.15) is 0 Å². The molecular formula is C13H14N2O. The Labute approximate surface area is 94.9 Å². The lowest BCUT2D eigenvalue weighted by atomic mass is 10.3. The van der Waals surface area contributed by atoms with Crippen LogP contribution in [-0.2, 0) is 6.61 Å². The van der Waals surface area contributed by atoms with Gasteiger partial charge < -0.3 is 10.5 Å². The van der Waals surface area contributed by atoms with E-state index in [1.54, 1.807) is 0 Å². The molecule has 3 nitrogen and oxygen atoms in total. The van der Waals surface area contributed by atoms with Gasteiger partial charge in [0, 0.05) is 11.4 Å². The zero-order chi connectivity index (χ0) is 11.4. The molecule has 0 aliphatic rings. The van der Waals surface area contributed by atoms with Gasteiger partial charge in [-0.3, -0.25) is 4.98 Å². The van der Waals surface area contributed by atoms with Gasteiger partial charge in [0.1, 0.15) is 12.4 Å². The molecule has 2 aromatic rings. The molecule has 0 aliphatic heterocycles. The van der Waals surface area contributed by atoms with Crippen molar-refractivity contribution < 1.29 is 4.74 Å². The van der Waals surface area contributed by atoms with E-state index < -0.39 is 0 Å². The van der Waals surface area contributed by atoms with E-state index in [9.17, 15) is 0 Å². The number of nitrogens with zero attached hydrogens (tertiary/aromatic N) is 1. The summed E-state index contributed by atoms with van der Waals surface area (Å²) in [6.07, 6.45) is 0. The molecular weight excluding hydrogens is 200 g/mol. The topological polar surface area (TPSA) is 48.1 Å². The van der Waals surface area contributed by atoms with Crippen LogP contribution in [0.2, 0.25) is 0 Å². The van der Waals surface area contributed by atoms with Gasteiger partial charge in [0.05, 0.1) is 5.69 Å². The number of nitrogens with two attached hydrogens (primary N) is 1. The molecule has 82 valence electrons. The average Bonchev–Trinajstić information content (AvgIpc) is 2.28. The number of rotatable bonds is 3. The minimum absolute atomic E-state index is 0.478. The van der Waals surface area contributed by atoms with Crippen LogP contribution in [0.5, 0.6) is 5.75 Å². The maximum atomic E-state index is 5.59. The molecule has 0 saturated heterocycles. The summed E-state index contributed by atoms with van der Waals surface area (Å²) >= 11 is 0. The molecule has 0 saturated carbocycles. The van der Waals surface area contributed by atoms with E-state index in [1.165, 1.54) is 0 Å². The van der Waals surface area contributed by atoms with Gasteiger partial charge in [0.2, 0.25) is 0 Å². The zero-order valence-corrected chi connectivity index (χ0v) is 9.18. The third kappa shape index (κ3) is 2.73. The van der Waals surface area contributed by atoms with Crippen molar-refractivity contribution in [3.63, 3.8) is 0 Å². The van der Waals surface area contributed by atoms with Crippen LogP contribution in [0.25, 0.3) is 0 Å². The lowest BCUT2D eigenvalue weighted by Crippen LogP contribution is -1.99. The largest absolute Gasteiger partial charge is 0.487 e. The molecule has 2 rings (SSSR count). The van der Waals surface area contributed by atoms with Gasteiger partial charge in [-0.1, -0.05) is 6.07 Å². The summed E-state index contributed by atoms with van der Waals surface area (Å²) < 4.78 is 5.58. The number of anilines is 1. The summed E-state index contributed by atoms with van der Waals surface area (Å²) in [5, 5.41) is 0. The normalized spacial score (nSPS) is 10.1. The summed E-state index contributed by atoms with van der Waals surface area (Å²) in [5.41, 5.74) is 8.25. The minimum Gasteiger partial charge on any atom is -0.487 e. The van der Waals surface area contributed by atoms with E-state index in [-0.39, 0.29) is 0 Å². The second-order valence-electron chi connectivity index (χ2n) is 3.63. The highest BCUT2D eigenvalue weighted by Gasteiger charge is 1.97. The van der Waals surface area contributed by atoms with Crippen LogP contribution in [0.15, 0.2) is 42.5 Å². The molecule has 0 unspecified atom stereocenters. The first-order valence-corrected chi connectivity index (χ1v) is 5.15. The Balaban J connectivity index is 1.99. The molecule has 16 heavy (non-hydrogen) atoms. The van der Waals surface area contributed by atoms with Crippen molar-refractivity contribution in [1.29, 1.82) is 0 Å². The van der Waals surface area contributed by atoms with Crippen LogP contribution in [-0.4, -0.2) is 4.98 Å². The molecule has 3 heteroatoms. The summed E-state index contributed by atoms with van der Waals surface area (Å²) in [7, 11) is 0. The van der Waals surface area contributed by atoms with Crippen molar-refractivity contribution >= 4 is 5.69 Å². The standard InChI is InChI=1S/C13H14N2O/c1-10-3-2-4-12(15-10)9-16-13-7-5-11(14)6-8-13/h2-8H,9,14H2,1H3. The van der Waals surface area contributed by atoms with Crippen molar-refractivity contribution in [1.82, 2.24) is 4.98 Å². The lowest BCUT2D eigenvalue weighted by Gasteiger charge is -2.06. The smallest absolute Gasteiger partial charge is 0.130 e. The van der Waals surface area contributed by atoms with Gasteiger partial charge in [-0.15, -0.1) is 0 Å². The van der Waals surface area contributed by atoms with E-state index in [2.05, 4.69) is 4.98 Å². The van der Waals surface area contributed by atoms with Crippen LogP contribution in [0, 0.1) is 6.92 Å². The first-order chi connectivity index (χ1) is 7.74. The molecule has 1 aromatic heterocycles. The number of benzene rings is 1. The fourth-order valence-corrected chi connectivity index (χ4v) is 1.40. The van der Waals surface area contributed by atoms with Crippen molar-refractivity contribution in [2.45, 2.75) is 13.5 Å². The van der Waals surface area contributed by atoms with Gasteiger partial charge in [-0.05, 0) is 43.3 Å². The molecule has 0 spiro atoms. The Morgan fingerprint density at radius 2 is 1.88 bits per heavy atom. The number of ether oxygens (including phenoxy) is 1. The number of aromatic nitrogens is 1. The quantitative estimate of drug-likeness (QED) is 0.799. The highest BCUT2D eigenvalue weighted by Crippen LogP contribution is 2.14. The molecule has 0 amide bonds. The van der Waals surface area contributed by atoms with Gasteiger partial charge in [0.15, 0.2) is 0 Å². The molecule has 0 aliphatic carbocycles. The molecule has 0 bridgehead atoms. The number of hydrogen-bond acceptors (Lipinski definition) is 3. The van der Waals surface area contributed by atoms with Crippen molar-refractivity contribution in [2.75, 3.05) is 5.73 Å². The molecule has 1 heterocycles. The van der Waals surface area contributed by atoms with Gasteiger partial charge >= 0.3 is 0 Å². The lowest BCUT2D eigenvalue weighted by molar-refractivity contribution is 0.301. The SMILES string of the molecule is Cc1cccc(COc2ccc(N)cc2)n1. The molecule has 0 fully saturated rings. The fourth-order valence-electron chi connectivity index (χ4n) is 1.40. The number of nitrogen functional groups attached to an aromatic ring is 1. The predicted octanol–water partition coefficient (Wildman–Crippen LogP) is 2.55. The van der Waals surface area contributed by atoms with E-state index in [4.69, 9.17) is 10.5 Å². The minimum atomic E-state index is 0.478. The zero-order valence-electron chi connectivity index (χ0n) is 9.18. The summed E-state index contributed by atoms with van der Waals surface area (Å²) in [5.74, 6) is 0.803. The first kappa shape index (κ1) is 10.5. The van der Waals surface area contributed by atoms with E-state index in [0.717, 1.165) is 22.8 Å². The molecule has 0 radical (unpaired) electrons. The average molecular weight is 214 g/mol. The number of pyridine rings is 1. The van der Waals surface area contributed by atoms with Gasteiger partial charge in [-0.25, -0.2) is 0 Å². The van der Waals surface area contributed by atoms with Crippen molar-refractivity contribution in [3.05, 3.63) is 53.9 Å². The third-order valence-electron chi connectivity index (χ3n) is 2.21. The Hall–Kier alpha value is -2.03. The Kier molecular flexibility index (Phi) is 3.05. The van der Waals surface area contributed by atoms with Crippen LogP contribution < -0.4 is 10.5 Å². The summed E-state index contributed by atoms with van der Waals surface area (Å²) in [6.45, 7) is 2.44. The van der Waals surface area contributed by atoms with Crippen molar-refractivity contribution in [3.8, 4) is 5.75 Å². The monoisotopic (exact) mass is 214 g/mol. The summed E-state index contributed by atoms with van der Waals surface area (Å²) in [4.78, 5) is 4.36. The molecule has 1 aromatic carbocycles. The third-order valence-corrected chi connectivity index (χ3v) is 2.21. The first-order valence-electron chi connectivity index (χ1n) is 5.15. The summed E-state index contributed by atoms with van der Waals surface area (Å²) in [6, 6.07) is 13.2. The van der Waals surface area contributed by atoms with E-state index in [1.807, 2.05) is 49.4 Å². The number of hydrogen-bond donors (Lipinski definition) is 1. The maximum absolute atomic E-state index is 5.59.